The number of hydrogen-bond acceptors (Lipinski definition) is 7. The Kier molecular flexibility index (Phi) is 7.60. The molecule has 12 heteroatoms. The average molecular weight is 632 g/mol. The molecule has 4 aromatic rings. The van der Waals surface area contributed by atoms with Gasteiger partial charge in [-0.3, -0.25) is 19.8 Å². The van der Waals surface area contributed by atoms with Gasteiger partial charge in [0.05, 0.1) is 24.1 Å². The van der Waals surface area contributed by atoms with E-state index in [0.717, 1.165) is 24.3 Å². The molecule has 1 aromatic heterocycles. The maximum atomic E-state index is 15.7. The van der Waals surface area contributed by atoms with Crippen molar-refractivity contribution in [2.24, 2.45) is 0 Å². The van der Waals surface area contributed by atoms with E-state index in [1.54, 1.807) is 25.3 Å². The SMILES string of the molecule is COc1ccc(N2CCN(c3cc4c(cc3F)c(=O)c(C(=O)NN3C(=O)CSC3c3ccc(F)cc3)cn4C3CC3)CC2)cc1. The lowest BCUT2D eigenvalue weighted by molar-refractivity contribution is -0.130. The molecule has 2 amide bonds. The zero-order valence-electron chi connectivity index (χ0n) is 24.5. The van der Waals surface area contributed by atoms with Crippen LogP contribution in [0.1, 0.15) is 40.2 Å². The third kappa shape index (κ3) is 5.58. The number of methoxy groups -OCH3 is 1. The van der Waals surface area contributed by atoms with Crippen molar-refractivity contribution in [3.05, 3.63) is 99.8 Å². The summed E-state index contributed by atoms with van der Waals surface area (Å²) in [5.41, 5.74) is 4.54. The Hall–Kier alpha value is -4.58. The van der Waals surface area contributed by atoms with Crippen LogP contribution in [0.2, 0.25) is 0 Å². The number of piperazine rings is 1. The number of pyridine rings is 1. The van der Waals surface area contributed by atoms with Gasteiger partial charge in [0.2, 0.25) is 5.43 Å². The minimum atomic E-state index is -0.751. The summed E-state index contributed by atoms with van der Waals surface area (Å²) in [5.74, 6) is -1.12. The van der Waals surface area contributed by atoms with E-state index >= 15 is 4.39 Å². The van der Waals surface area contributed by atoms with Crippen LogP contribution < -0.4 is 25.4 Å². The van der Waals surface area contributed by atoms with Gasteiger partial charge < -0.3 is 19.1 Å². The van der Waals surface area contributed by atoms with Gasteiger partial charge in [-0.25, -0.2) is 13.8 Å². The highest BCUT2D eigenvalue weighted by Crippen LogP contribution is 2.39. The van der Waals surface area contributed by atoms with E-state index in [1.165, 1.54) is 41.2 Å². The number of carbonyl (C=O) groups is 2. The maximum Gasteiger partial charge on any atom is 0.275 e. The standard InChI is InChI=1S/C33H31F2N5O4S/c1-44-24-10-8-22(9-11-24)37-12-14-38(15-13-37)29-17-28-25(16-27(29)35)31(42)26(18-39(28)23-6-7-23)32(43)36-40-30(41)19-45-33(40)20-2-4-21(34)5-3-20/h2-5,8-11,16-18,23,33H,6-7,12-15,19H2,1H3,(H,36,43). The van der Waals surface area contributed by atoms with Crippen LogP contribution in [0.15, 0.2) is 71.7 Å². The first-order chi connectivity index (χ1) is 21.8. The predicted molar refractivity (Wildman–Crippen MR) is 170 cm³/mol. The molecule has 232 valence electrons. The number of hydrazine groups is 1. The van der Waals surface area contributed by atoms with Crippen molar-refractivity contribution in [2.75, 3.05) is 48.8 Å². The van der Waals surface area contributed by atoms with Crippen molar-refractivity contribution in [1.82, 2.24) is 15.0 Å². The molecule has 3 fully saturated rings. The second-order valence-corrected chi connectivity index (χ2v) is 12.5. The van der Waals surface area contributed by atoms with Crippen LogP contribution in [0, 0.1) is 11.6 Å². The van der Waals surface area contributed by atoms with Gasteiger partial charge in [-0.1, -0.05) is 12.1 Å². The lowest BCUT2D eigenvalue weighted by Crippen LogP contribution is -2.47. The Morgan fingerprint density at radius 1 is 0.933 bits per heavy atom. The summed E-state index contributed by atoms with van der Waals surface area (Å²) in [6.07, 6.45) is 3.28. The Labute approximate surface area is 262 Å². The van der Waals surface area contributed by atoms with Crippen molar-refractivity contribution >= 4 is 45.9 Å². The van der Waals surface area contributed by atoms with Crippen LogP contribution in [0.25, 0.3) is 10.9 Å². The molecule has 1 aliphatic carbocycles. The van der Waals surface area contributed by atoms with Crippen molar-refractivity contribution in [3.8, 4) is 5.75 Å². The number of hydrogen-bond donors (Lipinski definition) is 1. The zero-order valence-corrected chi connectivity index (χ0v) is 25.4. The molecule has 7 rings (SSSR count). The van der Waals surface area contributed by atoms with Gasteiger partial charge in [0, 0.05) is 49.5 Å². The number of amides is 2. The lowest BCUT2D eigenvalue weighted by Gasteiger charge is -2.37. The first-order valence-electron chi connectivity index (χ1n) is 14.8. The molecule has 2 saturated heterocycles. The van der Waals surface area contributed by atoms with Crippen LogP contribution in [-0.4, -0.2) is 60.4 Å². The van der Waals surface area contributed by atoms with Crippen LogP contribution in [0.5, 0.6) is 5.75 Å². The Bertz CT molecular complexity index is 1840. The number of benzene rings is 3. The lowest BCUT2D eigenvalue weighted by atomic mass is 10.1. The number of nitrogens with one attached hydrogen (secondary N) is 1. The topological polar surface area (TPSA) is 87.1 Å². The molecular formula is C33H31F2N5O4S. The van der Waals surface area contributed by atoms with E-state index in [9.17, 15) is 18.8 Å². The van der Waals surface area contributed by atoms with Gasteiger partial charge in [0.25, 0.3) is 11.8 Å². The van der Waals surface area contributed by atoms with Gasteiger partial charge in [0.15, 0.2) is 0 Å². The molecule has 1 unspecified atom stereocenters. The minimum Gasteiger partial charge on any atom is -0.497 e. The fraction of sp³-hybridized carbons (Fsp3) is 0.303. The molecule has 1 N–H and O–H groups in total. The van der Waals surface area contributed by atoms with Crippen LogP contribution >= 0.6 is 11.8 Å². The number of carbonyl (C=O) groups excluding carboxylic acids is 2. The molecule has 0 radical (unpaired) electrons. The van der Waals surface area contributed by atoms with Crippen molar-refractivity contribution in [1.29, 1.82) is 0 Å². The number of fused-ring (bicyclic) bond motifs is 1. The molecule has 2 aliphatic heterocycles. The second kappa shape index (κ2) is 11.7. The average Bonchev–Trinajstić information content (AvgIpc) is 3.84. The summed E-state index contributed by atoms with van der Waals surface area (Å²) in [7, 11) is 1.63. The van der Waals surface area contributed by atoms with E-state index in [2.05, 4.69) is 10.3 Å². The van der Waals surface area contributed by atoms with E-state index in [0.29, 0.717) is 42.9 Å². The van der Waals surface area contributed by atoms with Crippen molar-refractivity contribution < 1.29 is 23.1 Å². The van der Waals surface area contributed by atoms with Gasteiger partial charge >= 0.3 is 0 Å². The van der Waals surface area contributed by atoms with Gasteiger partial charge in [-0.2, -0.15) is 0 Å². The fourth-order valence-corrected chi connectivity index (χ4v) is 7.11. The number of ether oxygens (including phenoxy) is 1. The smallest absolute Gasteiger partial charge is 0.275 e. The minimum absolute atomic E-state index is 0.0841. The highest BCUT2D eigenvalue weighted by molar-refractivity contribution is 8.00. The van der Waals surface area contributed by atoms with Gasteiger partial charge in [-0.05, 0) is 66.9 Å². The summed E-state index contributed by atoms with van der Waals surface area (Å²) in [4.78, 5) is 44.1. The maximum absolute atomic E-state index is 15.7. The van der Waals surface area contributed by atoms with Crippen LogP contribution in [-0.2, 0) is 4.79 Å². The molecule has 0 spiro atoms. The molecule has 45 heavy (non-hydrogen) atoms. The summed E-state index contributed by atoms with van der Waals surface area (Å²) < 4.78 is 36.4. The first-order valence-corrected chi connectivity index (χ1v) is 15.9. The highest BCUT2D eigenvalue weighted by Gasteiger charge is 2.36. The van der Waals surface area contributed by atoms with E-state index in [4.69, 9.17) is 4.74 Å². The second-order valence-electron chi connectivity index (χ2n) is 11.4. The molecule has 0 bridgehead atoms. The third-order valence-electron chi connectivity index (χ3n) is 8.59. The van der Waals surface area contributed by atoms with E-state index < -0.39 is 28.3 Å². The number of rotatable bonds is 7. The van der Waals surface area contributed by atoms with E-state index in [1.807, 2.05) is 33.7 Å². The summed E-state index contributed by atoms with van der Waals surface area (Å²) in [6.45, 7) is 2.59. The molecule has 1 atom stereocenters. The molecule has 3 heterocycles. The molecular weight excluding hydrogens is 600 g/mol. The molecule has 9 nitrogen and oxygen atoms in total. The van der Waals surface area contributed by atoms with Crippen LogP contribution in [0.3, 0.4) is 0 Å². The summed E-state index contributed by atoms with van der Waals surface area (Å²) in [6, 6.07) is 16.6. The summed E-state index contributed by atoms with van der Waals surface area (Å²) in [5, 5.41) is 0.726. The third-order valence-corrected chi connectivity index (χ3v) is 9.80. The van der Waals surface area contributed by atoms with Crippen LogP contribution in [0.4, 0.5) is 20.2 Å². The first kappa shape index (κ1) is 29.1. The molecule has 3 aliphatic rings. The summed E-state index contributed by atoms with van der Waals surface area (Å²) >= 11 is 1.29. The zero-order chi connectivity index (χ0) is 31.2. The fourth-order valence-electron chi connectivity index (χ4n) is 6.00. The number of thioether (sulfide) groups is 1. The highest BCUT2D eigenvalue weighted by atomic mass is 32.2. The predicted octanol–water partition coefficient (Wildman–Crippen LogP) is 4.87. The number of aromatic nitrogens is 1. The quantitative estimate of drug-likeness (QED) is 0.312. The Morgan fingerprint density at radius 2 is 1.62 bits per heavy atom. The number of halogens is 2. The monoisotopic (exact) mass is 631 g/mol. The normalized spacial score (nSPS) is 18.5. The molecule has 1 saturated carbocycles. The Morgan fingerprint density at radius 3 is 2.29 bits per heavy atom. The molecule has 3 aromatic carbocycles. The largest absolute Gasteiger partial charge is 0.497 e. The number of anilines is 2. The van der Waals surface area contributed by atoms with E-state index in [-0.39, 0.29) is 28.7 Å². The van der Waals surface area contributed by atoms with Gasteiger partial charge in [0.1, 0.15) is 28.3 Å². The van der Waals surface area contributed by atoms with Crippen molar-refractivity contribution in [3.63, 3.8) is 0 Å². The Balaban J connectivity index is 1.15. The van der Waals surface area contributed by atoms with Crippen molar-refractivity contribution in [2.45, 2.75) is 24.3 Å². The number of nitrogens with zero attached hydrogens (tertiary/aromatic N) is 4. The van der Waals surface area contributed by atoms with Gasteiger partial charge in [-0.15, -0.1) is 11.8 Å².